The lowest BCUT2D eigenvalue weighted by molar-refractivity contribution is -0.137. The van der Waals surface area contributed by atoms with Crippen LogP contribution in [0.5, 0.6) is 0 Å². The number of alkyl halides is 3. The zero-order valence-electron chi connectivity index (χ0n) is 11.5. The molecule has 0 aromatic heterocycles. The van der Waals surface area contributed by atoms with Crippen molar-refractivity contribution in [2.24, 2.45) is 5.73 Å². The first-order valence-electron chi connectivity index (χ1n) is 6.78. The number of hydrogen-bond donors (Lipinski definition) is 1. The van der Waals surface area contributed by atoms with Gasteiger partial charge in [-0.25, -0.2) is 0 Å². The Morgan fingerprint density at radius 3 is 2.10 bits per heavy atom. The summed E-state index contributed by atoms with van der Waals surface area (Å²) in [5.74, 6) is 0. The van der Waals surface area contributed by atoms with Gasteiger partial charge in [-0.2, -0.15) is 13.2 Å². The van der Waals surface area contributed by atoms with Gasteiger partial charge in [0.15, 0.2) is 0 Å². The third kappa shape index (κ3) is 3.43. The molecule has 0 spiro atoms. The molecule has 0 amide bonds. The Morgan fingerprint density at radius 2 is 1.65 bits per heavy atom. The second kappa shape index (κ2) is 6.01. The molecule has 1 aromatic carbocycles. The summed E-state index contributed by atoms with van der Waals surface area (Å²) in [6.45, 7) is 6.12. The number of nitrogens with two attached hydrogens (primary N) is 1. The molecule has 2 N–H and O–H groups in total. The molecule has 0 bridgehead atoms. The lowest BCUT2D eigenvalue weighted by Crippen LogP contribution is -2.51. The van der Waals surface area contributed by atoms with Crippen LogP contribution in [0.4, 0.5) is 18.9 Å². The highest BCUT2D eigenvalue weighted by Crippen LogP contribution is 2.30. The maximum Gasteiger partial charge on any atom is 0.416 e. The molecule has 1 aliphatic rings. The van der Waals surface area contributed by atoms with Crippen LogP contribution in [0.2, 0.25) is 0 Å². The van der Waals surface area contributed by atoms with Crippen LogP contribution in [-0.4, -0.2) is 43.7 Å². The van der Waals surface area contributed by atoms with E-state index in [-0.39, 0.29) is 0 Å². The summed E-state index contributed by atoms with van der Waals surface area (Å²) in [4.78, 5) is 4.42. The van der Waals surface area contributed by atoms with E-state index in [1.807, 2.05) is 0 Å². The Labute approximate surface area is 117 Å². The van der Waals surface area contributed by atoms with E-state index < -0.39 is 11.7 Å². The van der Waals surface area contributed by atoms with Crippen LogP contribution in [0, 0.1) is 0 Å². The van der Waals surface area contributed by atoms with E-state index >= 15 is 0 Å². The van der Waals surface area contributed by atoms with Crippen LogP contribution in [0.15, 0.2) is 24.3 Å². The lowest BCUT2D eigenvalue weighted by atomic mass is 10.1. The van der Waals surface area contributed by atoms with Crippen LogP contribution >= 0.6 is 0 Å². The van der Waals surface area contributed by atoms with Gasteiger partial charge in [-0.3, -0.25) is 4.90 Å². The third-order valence-corrected chi connectivity index (χ3v) is 3.84. The number of anilines is 1. The minimum Gasteiger partial charge on any atom is -0.369 e. The fourth-order valence-electron chi connectivity index (χ4n) is 2.43. The normalized spacial score (nSPS) is 19.1. The van der Waals surface area contributed by atoms with Gasteiger partial charge in [0.05, 0.1) is 5.56 Å². The first-order valence-corrected chi connectivity index (χ1v) is 6.78. The van der Waals surface area contributed by atoms with E-state index in [1.165, 1.54) is 0 Å². The molecule has 1 heterocycles. The Hall–Kier alpha value is -1.27. The van der Waals surface area contributed by atoms with E-state index in [4.69, 9.17) is 5.73 Å². The fourth-order valence-corrected chi connectivity index (χ4v) is 2.43. The van der Waals surface area contributed by atoms with Crippen molar-refractivity contribution < 1.29 is 13.2 Å². The highest BCUT2D eigenvalue weighted by molar-refractivity contribution is 5.48. The van der Waals surface area contributed by atoms with E-state index in [2.05, 4.69) is 16.7 Å². The smallest absolute Gasteiger partial charge is 0.369 e. The Bertz CT molecular complexity index is 422. The average molecular weight is 287 g/mol. The van der Waals surface area contributed by atoms with Crippen LogP contribution in [0.1, 0.15) is 12.5 Å². The molecule has 1 atom stereocenters. The SMILES string of the molecule is CC(CN)N1CCN(c2ccc(C(F)(F)F)cc2)CC1. The Morgan fingerprint density at radius 1 is 1.10 bits per heavy atom. The van der Waals surface area contributed by atoms with Gasteiger partial charge in [0.2, 0.25) is 0 Å². The first kappa shape index (κ1) is 15.1. The van der Waals surface area contributed by atoms with E-state index in [0.717, 1.165) is 44.0 Å². The van der Waals surface area contributed by atoms with Crippen LogP contribution < -0.4 is 10.6 Å². The van der Waals surface area contributed by atoms with E-state index in [1.54, 1.807) is 12.1 Å². The zero-order valence-corrected chi connectivity index (χ0v) is 11.5. The molecule has 1 saturated heterocycles. The standard InChI is InChI=1S/C14H20F3N3/c1-11(10-18)19-6-8-20(9-7-19)13-4-2-12(3-5-13)14(15,16)17/h2-5,11H,6-10,18H2,1H3. The Kier molecular flexibility index (Phi) is 4.55. The zero-order chi connectivity index (χ0) is 14.8. The van der Waals surface area contributed by atoms with Gasteiger partial charge in [-0.15, -0.1) is 0 Å². The van der Waals surface area contributed by atoms with Crippen molar-refractivity contribution in [1.29, 1.82) is 0 Å². The molecule has 0 aliphatic carbocycles. The molecule has 1 unspecified atom stereocenters. The van der Waals surface area contributed by atoms with Gasteiger partial charge in [-0.05, 0) is 31.2 Å². The molecule has 0 saturated carbocycles. The van der Waals surface area contributed by atoms with E-state index in [9.17, 15) is 13.2 Å². The van der Waals surface area contributed by atoms with Gasteiger partial charge >= 0.3 is 6.18 Å². The van der Waals surface area contributed by atoms with Crippen molar-refractivity contribution in [3.63, 3.8) is 0 Å². The molecule has 112 valence electrons. The van der Waals surface area contributed by atoms with Gasteiger partial charge in [0.25, 0.3) is 0 Å². The molecule has 6 heteroatoms. The number of rotatable bonds is 3. The van der Waals surface area contributed by atoms with Gasteiger partial charge in [0.1, 0.15) is 0 Å². The summed E-state index contributed by atoms with van der Waals surface area (Å²) >= 11 is 0. The minimum atomic E-state index is -4.27. The molecule has 1 fully saturated rings. The molecule has 3 nitrogen and oxygen atoms in total. The predicted molar refractivity (Wildman–Crippen MR) is 73.7 cm³/mol. The maximum atomic E-state index is 12.5. The molecule has 1 aromatic rings. The molecule has 0 radical (unpaired) electrons. The largest absolute Gasteiger partial charge is 0.416 e. The van der Waals surface area contributed by atoms with Crippen molar-refractivity contribution >= 4 is 5.69 Å². The number of benzene rings is 1. The highest BCUT2D eigenvalue weighted by atomic mass is 19.4. The topological polar surface area (TPSA) is 32.5 Å². The van der Waals surface area contributed by atoms with Crippen molar-refractivity contribution in [3.05, 3.63) is 29.8 Å². The predicted octanol–water partition coefficient (Wildman–Crippen LogP) is 2.17. The summed E-state index contributed by atoms with van der Waals surface area (Å²) in [5, 5.41) is 0. The van der Waals surface area contributed by atoms with Gasteiger partial charge < -0.3 is 10.6 Å². The second-order valence-corrected chi connectivity index (χ2v) is 5.15. The second-order valence-electron chi connectivity index (χ2n) is 5.15. The van der Waals surface area contributed by atoms with Crippen molar-refractivity contribution in [2.75, 3.05) is 37.6 Å². The number of halogens is 3. The average Bonchev–Trinajstić information content (AvgIpc) is 2.46. The number of nitrogens with zero attached hydrogens (tertiary/aromatic N) is 2. The summed E-state index contributed by atoms with van der Waals surface area (Å²) in [7, 11) is 0. The van der Waals surface area contributed by atoms with Gasteiger partial charge in [-0.1, -0.05) is 0 Å². The van der Waals surface area contributed by atoms with Crippen molar-refractivity contribution in [3.8, 4) is 0 Å². The van der Waals surface area contributed by atoms with Gasteiger partial charge in [0, 0.05) is 44.5 Å². The monoisotopic (exact) mass is 287 g/mol. The molecule has 1 aliphatic heterocycles. The third-order valence-electron chi connectivity index (χ3n) is 3.84. The van der Waals surface area contributed by atoms with E-state index in [0.29, 0.717) is 12.6 Å². The quantitative estimate of drug-likeness (QED) is 0.925. The van der Waals surface area contributed by atoms with Crippen LogP contribution in [-0.2, 0) is 6.18 Å². The summed E-state index contributed by atoms with van der Waals surface area (Å²) in [6.07, 6.45) is -4.27. The molecular formula is C14H20F3N3. The number of hydrogen-bond acceptors (Lipinski definition) is 3. The summed E-state index contributed by atoms with van der Waals surface area (Å²) in [6, 6.07) is 5.73. The maximum absolute atomic E-state index is 12.5. The molecule has 20 heavy (non-hydrogen) atoms. The van der Waals surface area contributed by atoms with Crippen LogP contribution in [0.25, 0.3) is 0 Å². The summed E-state index contributed by atoms with van der Waals surface area (Å²) in [5.41, 5.74) is 5.89. The fraction of sp³-hybridized carbons (Fsp3) is 0.571. The van der Waals surface area contributed by atoms with Crippen LogP contribution in [0.3, 0.4) is 0 Å². The Balaban J connectivity index is 1.97. The summed E-state index contributed by atoms with van der Waals surface area (Å²) < 4.78 is 37.5. The molecular weight excluding hydrogens is 267 g/mol. The highest BCUT2D eigenvalue weighted by Gasteiger charge is 2.30. The minimum absolute atomic E-state index is 0.352. The van der Waals surface area contributed by atoms with Crippen molar-refractivity contribution in [2.45, 2.75) is 19.1 Å². The first-order chi connectivity index (χ1) is 9.41. The number of piperazine rings is 1. The molecule has 2 rings (SSSR count). The van der Waals surface area contributed by atoms with Crippen molar-refractivity contribution in [1.82, 2.24) is 4.90 Å². The lowest BCUT2D eigenvalue weighted by Gasteiger charge is -2.38.